The first-order chi connectivity index (χ1) is 17.0. The molecule has 3 heterocycles. The molecule has 1 aliphatic heterocycles. The van der Waals surface area contributed by atoms with Crippen molar-refractivity contribution in [2.24, 2.45) is 5.73 Å². The van der Waals surface area contributed by atoms with Gasteiger partial charge in [-0.3, -0.25) is 9.58 Å². The number of fused-ring (bicyclic) bond motifs is 1. The highest BCUT2D eigenvalue weighted by atomic mass is 19.1. The van der Waals surface area contributed by atoms with Gasteiger partial charge in [0.25, 0.3) is 0 Å². The molecule has 4 rings (SSSR count). The number of rotatable bonds is 12. The van der Waals surface area contributed by atoms with Crippen molar-refractivity contribution in [2.45, 2.75) is 52.1 Å². The highest BCUT2D eigenvalue weighted by Crippen LogP contribution is 2.26. The van der Waals surface area contributed by atoms with Crippen LogP contribution in [-0.4, -0.2) is 65.1 Å². The van der Waals surface area contributed by atoms with Crippen molar-refractivity contribution in [1.29, 1.82) is 0 Å². The summed E-state index contributed by atoms with van der Waals surface area (Å²) in [5.41, 5.74) is 8.89. The van der Waals surface area contributed by atoms with Crippen molar-refractivity contribution in [3.8, 4) is 0 Å². The molecule has 0 aliphatic carbocycles. The van der Waals surface area contributed by atoms with E-state index in [-0.39, 0.29) is 17.7 Å². The molecule has 0 bridgehead atoms. The number of nitrogens with one attached hydrogen (secondary N) is 2. The van der Waals surface area contributed by atoms with E-state index in [0.29, 0.717) is 12.4 Å². The summed E-state index contributed by atoms with van der Waals surface area (Å²) in [5, 5.41) is 12.1. The average molecular weight is 484 g/mol. The fourth-order valence-corrected chi connectivity index (χ4v) is 4.36. The molecule has 1 aliphatic rings. The van der Waals surface area contributed by atoms with Gasteiger partial charge < -0.3 is 21.1 Å². The molecule has 1 atom stereocenters. The standard InChI is InChI=1S/C26H38FN7O/c1-3-4-5-6-21(28)18-29-26-23(27)15-19(2)25(32-26)31-22-7-8-24-20(16-22)17-30-34(24)10-9-33-11-13-35-14-12-33/h7-8,15-17,21H,3-6,9-14,18,28H2,1-2H3,(H2,29,31,32). The first-order valence-corrected chi connectivity index (χ1v) is 12.7. The molecule has 0 spiro atoms. The Labute approximate surface area is 207 Å². The molecule has 0 radical (unpaired) electrons. The number of benzene rings is 1. The van der Waals surface area contributed by atoms with Crippen LogP contribution in [0.15, 0.2) is 30.5 Å². The zero-order valence-electron chi connectivity index (χ0n) is 20.9. The normalized spacial score (nSPS) is 15.4. The van der Waals surface area contributed by atoms with Gasteiger partial charge in [0.1, 0.15) is 5.82 Å². The minimum atomic E-state index is -0.370. The molecule has 8 nitrogen and oxygen atoms in total. The SMILES string of the molecule is CCCCCC(N)CNc1nc(Nc2ccc3c(cnn3CCN3CCOCC3)c2)c(C)cc1F. The van der Waals surface area contributed by atoms with Gasteiger partial charge in [0.15, 0.2) is 11.6 Å². The first-order valence-electron chi connectivity index (χ1n) is 12.7. The highest BCUT2D eigenvalue weighted by Gasteiger charge is 2.13. The number of anilines is 3. The molecular weight excluding hydrogens is 445 g/mol. The van der Waals surface area contributed by atoms with E-state index < -0.39 is 0 Å². The lowest BCUT2D eigenvalue weighted by atomic mass is 10.1. The number of hydrogen-bond acceptors (Lipinski definition) is 7. The summed E-state index contributed by atoms with van der Waals surface area (Å²) in [7, 11) is 0. The summed E-state index contributed by atoms with van der Waals surface area (Å²) in [6, 6.07) is 7.60. The number of hydrogen-bond donors (Lipinski definition) is 3. The van der Waals surface area contributed by atoms with Crippen LogP contribution in [0.5, 0.6) is 0 Å². The van der Waals surface area contributed by atoms with Gasteiger partial charge in [0.05, 0.1) is 31.5 Å². The van der Waals surface area contributed by atoms with Crippen molar-refractivity contribution >= 4 is 28.2 Å². The number of aryl methyl sites for hydroxylation is 1. The number of nitrogens with two attached hydrogens (primary N) is 1. The molecule has 3 aromatic rings. The van der Waals surface area contributed by atoms with Crippen LogP contribution in [0.2, 0.25) is 0 Å². The van der Waals surface area contributed by atoms with E-state index in [1.807, 2.05) is 23.9 Å². The number of pyridine rings is 1. The van der Waals surface area contributed by atoms with Crippen LogP contribution in [0, 0.1) is 12.7 Å². The van der Waals surface area contributed by atoms with E-state index in [0.717, 1.165) is 87.2 Å². The predicted octanol–water partition coefficient (Wildman–Crippen LogP) is 4.27. The maximum atomic E-state index is 14.5. The Morgan fingerprint density at radius 3 is 2.77 bits per heavy atom. The zero-order chi connectivity index (χ0) is 24.6. The third-order valence-corrected chi connectivity index (χ3v) is 6.51. The zero-order valence-corrected chi connectivity index (χ0v) is 20.9. The number of morpholine rings is 1. The van der Waals surface area contributed by atoms with Crippen LogP contribution < -0.4 is 16.4 Å². The van der Waals surface area contributed by atoms with Gasteiger partial charge in [-0.25, -0.2) is 9.37 Å². The Kier molecular flexibility index (Phi) is 8.90. The smallest absolute Gasteiger partial charge is 0.165 e. The van der Waals surface area contributed by atoms with Crippen molar-refractivity contribution in [3.63, 3.8) is 0 Å². The Hall–Kier alpha value is -2.75. The summed E-state index contributed by atoms with van der Waals surface area (Å²) >= 11 is 0. The number of nitrogens with zero attached hydrogens (tertiary/aromatic N) is 4. The predicted molar refractivity (Wildman–Crippen MR) is 140 cm³/mol. The second-order valence-corrected chi connectivity index (χ2v) is 9.34. The molecule has 1 aromatic carbocycles. The lowest BCUT2D eigenvalue weighted by Crippen LogP contribution is -2.38. The summed E-state index contributed by atoms with van der Waals surface area (Å²) in [6.07, 6.45) is 6.21. The molecule has 1 fully saturated rings. The van der Waals surface area contributed by atoms with Gasteiger partial charge in [-0.2, -0.15) is 5.10 Å². The highest BCUT2D eigenvalue weighted by molar-refractivity contribution is 5.83. The molecule has 9 heteroatoms. The maximum absolute atomic E-state index is 14.5. The fraction of sp³-hybridized carbons (Fsp3) is 0.538. The van der Waals surface area contributed by atoms with Crippen LogP contribution >= 0.6 is 0 Å². The number of aromatic nitrogens is 3. The topological polar surface area (TPSA) is 93.3 Å². The fourth-order valence-electron chi connectivity index (χ4n) is 4.36. The number of unbranched alkanes of at least 4 members (excludes halogenated alkanes) is 2. The van der Waals surface area contributed by atoms with E-state index in [1.54, 1.807) is 0 Å². The van der Waals surface area contributed by atoms with E-state index in [4.69, 9.17) is 10.5 Å². The van der Waals surface area contributed by atoms with E-state index in [9.17, 15) is 4.39 Å². The van der Waals surface area contributed by atoms with Crippen molar-refractivity contribution in [3.05, 3.63) is 41.8 Å². The van der Waals surface area contributed by atoms with Crippen LogP contribution in [-0.2, 0) is 11.3 Å². The summed E-state index contributed by atoms with van der Waals surface area (Å²) in [4.78, 5) is 6.92. The first kappa shape index (κ1) is 25.3. The maximum Gasteiger partial charge on any atom is 0.165 e. The van der Waals surface area contributed by atoms with Gasteiger partial charge >= 0.3 is 0 Å². The van der Waals surface area contributed by atoms with Crippen LogP contribution in [0.1, 0.15) is 38.2 Å². The summed E-state index contributed by atoms with van der Waals surface area (Å²) in [6.45, 7) is 9.84. The average Bonchev–Trinajstić information content (AvgIpc) is 3.26. The summed E-state index contributed by atoms with van der Waals surface area (Å²) in [5.74, 6) is 0.472. The van der Waals surface area contributed by atoms with E-state index >= 15 is 0 Å². The minimum Gasteiger partial charge on any atom is -0.379 e. The van der Waals surface area contributed by atoms with Crippen molar-refractivity contribution in [1.82, 2.24) is 19.7 Å². The lowest BCUT2D eigenvalue weighted by molar-refractivity contribution is 0.0361. The second-order valence-electron chi connectivity index (χ2n) is 9.34. The lowest BCUT2D eigenvalue weighted by Gasteiger charge is -2.26. The van der Waals surface area contributed by atoms with Gasteiger partial charge in [-0.05, 0) is 43.2 Å². The molecule has 0 amide bonds. The van der Waals surface area contributed by atoms with E-state index in [1.165, 1.54) is 6.07 Å². The molecule has 35 heavy (non-hydrogen) atoms. The summed E-state index contributed by atoms with van der Waals surface area (Å²) < 4.78 is 22.0. The largest absolute Gasteiger partial charge is 0.379 e. The molecule has 2 aromatic heterocycles. The molecular formula is C26H38FN7O. The van der Waals surface area contributed by atoms with Gasteiger partial charge in [0.2, 0.25) is 0 Å². The van der Waals surface area contributed by atoms with Crippen molar-refractivity contribution < 1.29 is 9.13 Å². The Balaban J connectivity index is 1.40. The van der Waals surface area contributed by atoms with Gasteiger partial charge in [-0.1, -0.05) is 26.2 Å². The van der Waals surface area contributed by atoms with Gasteiger partial charge in [-0.15, -0.1) is 0 Å². The van der Waals surface area contributed by atoms with Gasteiger partial charge in [0, 0.05) is 43.3 Å². The van der Waals surface area contributed by atoms with Crippen LogP contribution in [0.25, 0.3) is 10.9 Å². The third kappa shape index (κ3) is 6.90. The minimum absolute atomic E-state index is 0.0253. The molecule has 1 unspecified atom stereocenters. The molecule has 0 saturated carbocycles. The Bertz CT molecular complexity index is 1100. The quantitative estimate of drug-likeness (QED) is 0.331. The third-order valence-electron chi connectivity index (χ3n) is 6.51. The van der Waals surface area contributed by atoms with Crippen LogP contribution in [0.4, 0.5) is 21.7 Å². The Morgan fingerprint density at radius 1 is 1.14 bits per heavy atom. The van der Waals surface area contributed by atoms with E-state index in [2.05, 4.69) is 44.7 Å². The number of halogens is 1. The Morgan fingerprint density at radius 2 is 1.97 bits per heavy atom. The van der Waals surface area contributed by atoms with Crippen molar-refractivity contribution in [2.75, 3.05) is 50.0 Å². The molecule has 1 saturated heterocycles. The van der Waals surface area contributed by atoms with Crippen LogP contribution in [0.3, 0.4) is 0 Å². The molecule has 190 valence electrons. The number of ether oxygens (including phenoxy) is 1. The second kappa shape index (κ2) is 12.3. The monoisotopic (exact) mass is 483 g/mol. The molecule has 4 N–H and O–H groups in total.